The second-order valence-electron chi connectivity index (χ2n) is 6.84. The van der Waals surface area contributed by atoms with Crippen molar-refractivity contribution in [2.45, 2.75) is 6.92 Å². The average molecular weight is 485 g/mol. The number of pyridine rings is 1. The Bertz CT molecular complexity index is 1380. The molecule has 0 spiro atoms. The van der Waals surface area contributed by atoms with Gasteiger partial charge in [-0.25, -0.2) is 28.5 Å². The van der Waals surface area contributed by atoms with E-state index in [9.17, 15) is 14.0 Å². The van der Waals surface area contributed by atoms with Crippen molar-refractivity contribution in [3.8, 4) is 22.4 Å². The van der Waals surface area contributed by atoms with E-state index in [0.717, 1.165) is 11.3 Å². The van der Waals surface area contributed by atoms with Crippen LogP contribution < -0.4 is 16.0 Å². The van der Waals surface area contributed by atoms with Crippen molar-refractivity contribution in [1.82, 2.24) is 25.3 Å². The Morgan fingerprint density at radius 2 is 1.91 bits per heavy atom. The van der Waals surface area contributed by atoms with Crippen LogP contribution in [0.3, 0.4) is 0 Å². The van der Waals surface area contributed by atoms with E-state index in [2.05, 4.69) is 35.9 Å². The van der Waals surface area contributed by atoms with Gasteiger partial charge in [-0.05, 0) is 25.1 Å². The highest BCUT2D eigenvalue weighted by Gasteiger charge is 2.22. The first kappa shape index (κ1) is 22.9. The molecule has 10 nitrogen and oxygen atoms in total. The molecule has 0 saturated heterocycles. The minimum atomic E-state index is -1.09. The van der Waals surface area contributed by atoms with Gasteiger partial charge >= 0.3 is 12.0 Å². The maximum Gasteiger partial charge on any atom is 0.322 e. The first-order valence-corrected chi connectivity index (χ1v) is 10.8. The smallest absolute Gasteiger partial charge is 0.322 e. The number of carboxylic acid groups (broad SMARTS) is 1. The predicted molar refractivity (Wildman–Crippen MR) is 123 cm³/mol. The Balaban J connectivity index is 1.84. The number of aliphatic carboxylic acids is 1. The number of hydrogen-bond donors (Lipinski definition) is 4. The number of halogens is 2. The van der Waals surface area contributed by atoms with Crippen molar-refractivity contribution >= 4 is 44.6 Å². The van der Waals surface area contributed by atoms with Gasteiger partial charge in [-0.1, -0.05) is 11.3 Å². The summed E-state index contributed by atoms with van der Waals surface area (Å²) < 4.78 is 30.5. The van der Waals surface area contributed by atoms with Crippen LogP contribution in [-0.2, 0) is 4.79 Å². The summed E-state index contributed by atoms with van der Waals surface area (Å²) in [4.78, 5) is 38.9. The molecule has 174 valence electrons. The zero-order chi connectivity index (χ0) is 24.2. The number of nitrogens with zero attached hydrogens (tertiary/aromatic N) is 4. The number of aromatic nitrogens is 4. The van der Waals surface area contributed by atoms with E-state index in [1.54, 1.807) is 6.92 Å². The van der Waals surface area contributed by atoms with Gasteiger partial charge in [0.1, 0.15) is 23.6 Å². The Kier molecular flexibility index (Phi) is 6.54. The van der Waals surface area contributed by atoms with E-state index < -0.39 is 23.6 Å². The third kappa shape index (κ3) is 4.73. The summed E-state index contributed by atoms with van der Waals surface area (Å²) >= 11 is 0.985. The van der Waals surface area contributed by atoms with Crippen molar-refractivity contribution in [2.24, 2.45) is 0 Å². The van der Waals surface area contributed by atoms with Gasteiger partial charge in [0.15, 0.2) is 10.9 Å². The minimum Gasteiger partial charge on any atom is -0.480 e. The number of fused-ring (bicyclic) bond motifs is 1. The molecule has 0 atom stereocenters. The zero-order valence-corrected chi connectivity index (χ0v) is 18.4. The number of carbonyl (C=O) groups is 2. The molecular weight excluding hydrogens is 468 g/mol. The predicted octanol–water partition coefficient (Wildman–Crippen LogP) is 3.73. The summed E-state index contributed by atoms with van der Waals surface area (Å²) in [5.74, 6) is -2.37. The lowest BCUT2D eigenvalue weighted by Crippen LogP contribution is -2.28. The molecule has 1 aromatic carbocycles. The number of carboxylic acids is 1. The second-order valence-corrected chi connectivity index (χ2v) is 7.84. The van der Waals surface area contributed by atoms with Gasteiger partial charge in [0.2, 0.25) is 5.95 Å². The summed E-state index contributed by atoms with van der Waals surface area (Å²) in [6.45, 7) is 1.75. The van der Waals surface area contributed by atoms with Crippen molar-refractivity contribution < 1.29 is 23.5 Å². The fraction of sp³-hybridized carbons (Fsp3) is 0.143. The number of urea groups is 1. The molecule has 0 aliphatic heterocycles. The van der Waals surface area contributed by atoms with Crippen LogP contribution in [0.25, 0.3) is 32.6 Å². The molecule has 0 saturated carbocycles. The Morgan fingerprint density at radius 1 is 1.15 bits per heavy atom. The Morgan fingerprint density at radius 3 is 2.59 bits per heavy atom. The van der Waals surface area contributed by atoms with Crippen LogP contribution in [0.2, 0.25) is 0 Å². The van der Waals surface area contributed by atoms with Crippen LogP contribution >= 0.6 is 11.3 Å². The van der Waals surface area contributed by atoms with E-state index in [1.807, 2.05) is 0 Å². The molecule has 3 heterocycles. The number of nitrogens with one attached hydrogen (secondary N) is 3. The van der Waals surface area contributed by atoms with Crippen LogP contribution in [0.4, 0.5) is 24.7 Å². The highest BCUT2D eigenvalue weighted by atomic mass is 32.1. The first-order chi connectivity index (χ1) is 16.4. The number of carbonyl (C=O) groups excluding carboxylic acids is 1. The number of thiazole rings is 1. The fourth-order valence-corrected chi connectivity index (χ4v) is 4.06. The van der Waals surface area contributed by atoms with Crippen LogP contribution in [0, 0.1) is 11.6 Å². The van der Waals surface area contributed by atoms with Gasteiger partial charge in [-0.3, -0.25) is 15.1 Å². The number of rotatable bonds is 7. The van der Waals surface area contributed by atoms with Crippen LogP contribution in [0.5, 0.6) is 0 Å². The number of hydrogen-bond acceptors (Lipinski definition) is 8. The van der Waals surface area contributed by atoms with E-state index in [0.29, 0.717) is 11.2 Å². The van der Waals surface area contributed by atoms with Crippen molar-refractivity contribution in [3.05, 3.63) is 48.4 Å². The lowest BCUT2D eigenvalue weighted by molar-refractivity contribution is -0.134. The van der Waals surface area contributed by atoms with Crippen LogP contribution in [0.15, 0.2) is 36.8 Å². The largest absolute Gasteiger partial charge is 0.480 e. The molecule has 0 aliphatic rings. The average Bonchev–Trinajstić information content (AvgIpc) is 3.23. The Hall–Kier alpha value is -4.26. The molecule has 4 N–H and O–H groups in total. The highest BCUT2D eigenvalue weighted by molar-refractivity contribution is 7.22. The van der Waals surface area contributed by atoms with Gasteiger partial charge in [0.05, 0.1) is 4.70 Å². The Labute approximate surface area is 195 Å². The summed E-state index contributed by atoms with van der Waals surface area (Å²) in [5.41, 5.74) is 0.473. The lowest BCUT2D eigenvalue weighted by Gasteiger charge is -2.09. The molecule has 34 heavy (non-hydrogen) atoms. The number of anilines is 2. The molecule has 0 unspecified atom stereocenters. The lowest BCUT2D eigenvalue weighted by atomic mass is 10.0. The molecule has 0 radical (unpaired) electrons. The van der Waals surface area contributed by atoms with Gasteiger partial charge in [-0.2, -0.15) is 0 Å². The summed E-state index contributed by atoms with van der Waals surface area (Å²) in [5, 5.41) is 16.5. The van der Waals surface area contributed by atoms with E-state index in [1.165, 1.54) is 36.8 Å². The SMILES string of the molecule is CCNC(=O)Nc1nc2c(F)c(-c3cnc(NCC(=O)O)nc3)cc(-c3ncccc3F)c2s1. The number of benzene rings is 1. The van der Waals surface area contributed by atoms with E-state index >= 15 is 4.39 Å². The normalized spacial score (nSPS) is 10.8. The van der Waals surface area contributed by atoms with Crippen molar-refractivity contribution in [2.75, 3.05) is 23.7 Å². The molecule has 13 heteroatoms. The van der Waals surface area contributed by atoms with Gasteiger partial charge < -0.3 is 15.7 Å². The van der Waals surface area contributed by atoms with E-state index in [4.69, 9.17) is 5.11 Å². The molecule has 0 aliphatic carbocycles. The third-order valence-electron chi connectivity index (χ3n) is 4.54. The maximum atomic E-state index is 15.6. The van der Waals surface area contributed by atoms with Crippen molar-refractivity contribution in [3.63, 3.8) is 0 Å². The highest BCUT2D eigenvalue weighted by Crippen LogP contribution is 2.40. The standard InChI is InChI=1S/C21H17F2N7O3S/c1-2-24-20(33)30-21-29-17-15(23)11(10-7-26-19(27-8-10)28-9-14(31)32)6-12(18(17)34-21)16-13(22)4-3-5-25-16/h3-8H,2,9H2,1H3,(H,31,32)(H,26,27,28)(H2,24,29,30,33). The van der Waals surface area contributed by atoms with E-state index in [-0.39, 0.29) is 45.5 Å². The molecule has 4 aromatic rings. The van der Waals surface area contributed by atoms with Crippen LogP contribution in [0.1, 0.15) is 6.92 Å². The third-order valence-corrected chi connectivity index (χ3v) is 5.54. The molecule has 3 aromatic heterocycles. The molecular formula is C21H17F2N7O3S. The first-order valence-electron chi connectivity index (χ1n) is 9.94. The molecule has 4 rings (SSSR count). The number of amides is 2. The van der Waals surface area contributed by atoms with Crippen molar-refractivity contribution in [1.29, 1.82) is 0 Å². The summed E-state index contributed by atoms with van der Waals surface area (Å²) in [6.07, 6.45) is 4.02. The maximum absolute atomic E-state index is 15.6. The topological polar surface area (TPSA) is 142 Å². The van der Waals surface area contributed by atoms with Gasteiger partial charge in [0.25, 0.3) is 0 Å². The quantitative estimate of drug-likeness (QED) is 0.310. The summed E-state index contributed by atoms with van der Waals surface area (Å²) in [7, 11) is 0. The molecule has 0 fully saturated rings. The molecule has 0 bridgehead atoms. The van der Waals surface area contributed by atoms with Crippen LogP contribution in [-0.4, -0.2) is 50.1 Å². The second kappa shape index (κ2) is 9.70. The van der Waals surface area contributed by atoms with Gasteiger partial charge in [-0.15, -0.1) is 0 Å². The monoisotopic (exact) mass is 485 g/mol. The molecule has 2 amide bonds. The minimum absolute atomic E-state index is 0.0115. The zero-order valence-electron chi connectivity index (χ0n) is 17.6. The fourth-order valence-electron chi connectivity index (χ4n) is 3.09. The summed E-state index contributed by atoms with van der Waals surface area (Å²) in [6, 6.07) is 3.58. The van der Waals surface area contributed by atoms with Gasteiger partial charge in [0, 0.05) is 41.8 Å².